The molecule has 0 saturated heterocycles. The molecular weight excluding hydrogens is 389 g/mol. The first kappa shape index (κ1) is 20.0. The summed E-state index contributed by atoms with van der Waals surface area (Å²) in [6, 6.07) is 5.20. The molecule has 0 atom stereocenters. The number of halogens is 4. The molecule has 0 aliphatic heterocycles. The highest BCUT2D eigenvalue weighted by atomic mass is 35.5. The highest BCUT2D eigenvalue weighted by Gasteiger charge is 2.34. The summed E-state index contributed by atoms with van der Waals surface area (Å²) in [6.07, 6.45) is -4.66. The van der Waals surface area contributed by atoms with Crippen LogP contribution < -0.4 is 5.32 Å². The van der Waals surface area contributed by atoms with Gasteiger partial charge in [0.15, 0.2) is 0 Å². The zero-order valence-electron chi connectivity index (χ0n) is 13.6. The van der Waals surface area contributed by atoms with E-state index in [0.717, 1.165) is 23.9 Å². The molecule has 0 aliphatic rings. The molecule has 10 heteroatoms. The maximum Gasteiger partial charge on any atom is 0.418 e. The minimum atomic E-state index is -4.66. The van der Waals surface area contributed by atoms with E-state index in [4.69, 9.17) is 16.9 Å². The number of carbonyl (C=O) groups excluding carboxylic acids is 1. The molecule has 0 aliphatic carbocycles. The predicted molar refractivity (Wildman–Crippen MR) is 92.0 cm³/mol. The van der Waals surface area contributed by atoms with Crippen molar-refractivity contribution in [2.75, 3.05) is 11.1 Å². The van der Waals surface area contributed by atoms with Crippen molar-refractivity contribution < 1.29 is 18.0 Å². The number of rotatable bonds is 4. The number of nitrogens with one attached hydrogen (secondary N) is 1. The number of benzene rings is 1. The number of carbonyl (C=O) groups is 1. The fourth-order valence-corrected chi connectivity index (χ4v) is 3.21. The van der Waals surface area contributed by atoms with E-state index in [1.165, 1.54) is 6.07 Å². The Morgan fingerprint density at radius 2 is 2.04 bits per heavy atom. The lowest BCUT2D eigenvalue weighted by Crippen LogP contribution is -2.18. The summed E-state index contributed by atoms with van der Waals surface area (Å²) in [5, 5.41) is 11.4. The number of anilines is 1. The van der Waals surface area contributed by atoms with E-state index >= 15 is 0 Å². The third-order valence-electron chi connectivity index (χ3n) is 3.20. The first-order valence-corrected chi connectivity index (χ1v) is 8.53. The zero-order chi connectivity index (χ0) is 19.5. The normalized spacial score (nSPS) is 11.1. The summed E-state index contributed by atoms with van der Waals surface area (Å²) in [5.41, 5.74) is -0.840. The SMILES string of the molecule is Cc1nc(C)c(C#N)c(SCC(=O)Nc2c(Cl)cccc2C(F)(F)F)n1. The number of alkyl halides is 3. The van der Waals surface area contributed by atoms with Crippen LogP contribution in [-0.4, -0.2) is 21.6 Å². The Bertz CT molecular complexity index is 896. The largest absolute Gasteiger partial charge is 0.418 e. The zero-order valence-corrected chi connectivity index (χ0v) is 15.2. The van der Waals surface area contributed by atoms with Crippen molar-refractivity contribution in [1.29, 1.82) is 5.26 Å². The van der Waals surface area contributed by atoms with Crippen molar-refractivity contribution in [2.24, 2.45) is 0 Å². The average Bonchev–Trinajstić information content (AvgIpc) is 2.53. The summed E-state index contributed by atoms with van der Waals surface area (Å²) in [5.74, 6) is -0.520. The van der Waals surface area contributed by atoms with Crippen molar-refractivity contribution in [3.63, 3.8) is 0 Å². The van der Waals surface area contributed by atoms with Gasteiger partial charge in [-0.15, -0.1) is 0 Å². The fraction of sp³-hybridized carbons (Fsp3) is 0.250. The third kappa shape index (κ3) is 4.65. The second kappa shape index (κ2) is 7.93. The van der Waals surface area contributed by atoms with Crippen molar-refractivity contribution in [3.8, 4) is 6.07 Å². The van der Waals surface area contributed by atoms with Gasteiger partial charge in [0.25, 0.3) is 0 Å². The Morgan fingerprint density at radius 3 is 2.65 bits per heavy atom. The molecule has 2 aromatic rings. The Balaban J connectivity index is 2.19. The number of amides is 1. The van der Waals surface area contributed by atoms with Gasteiger partial charge in [-0.3, -0.25) is 4.79 Å². The van der Waals surface area contributed by atoms with E-state index < -0.39 is 23.3 Å². The van der Waals surface area contributed by atoms with Gasteiger partial charge < -0.3 is 5.32 Å². The summed E-state index contributed by atoms with van der Waals surface area (Å²) in [7, 11) is 0. The van der Waals surface area contributed by atoms with Crippen LogP contribution in [0, 0.1) is 25.2 Å². The lowest BCUT2D eigenvalue weighted by molar-refractivity contribution is -0.137. The molecule has 1 N–H and O–H groups in total. The van der Waals surface area contributed by atoms with Crippen molar-refractivity contribution in [3.05, 3.63) is 45.9 Å². The molecule has 0 radical (unpaired) electrons. The molecule has 136 valence electrons. The maximum absolute atomic E-state index is 13.0. The highest BCUT2D eigenvalue weighted by molar-refractivity contribution is 8.00. The van der Waals surface area contributed by atoms with Gasteiger partial charge in [-0.1, -0.05) is 29.4 Å². The van der Waals surface area contributed by atoms with Gasteiger partial charge in [0.05, 0.1) is 27.7 Å². The quantitative estimate of drug-likeness (QED) is 0.609. The molecular formula is C16H12ClF3N4OS. The van der Waals surface area contributed by atoms with Crippen LogP contribution in [0.5, 0.6) is 0 Å². The van der Waals surface area contributed by atoms with Crippen molar-refractivity contribution in [1.82, 2.24) is 9.97 Å². The number of nitriles is 1. The molecule has 0 bridgehead atoms. The average molecular weight is 401 g/mol. The van der Waals surface area contributed by atoms with Gasteiger partial charge in [-0.05, 0) is 26.0 Å². The monoisotopic (exact) mass is 400 g/mol. The number of thioether (sulfide) groups is 1. The van der Waals surface area contributed by atoms with Crippen molar-refractivity contribution >= 4 is 35.0 Å². The van der Waals surface area contributed by atoms with Gasteiger partial charge in [-0.2, -0.15) is 18.4 Å². The van der Waals surface area contributed by atoms with Crippen LogP contribution in [0.4, 0.5) is 18.9 Å². The lowest BCUT2D eigenvalue weighted by atomic mass is 10.1. The van der Waals surface area contributed by atoms with Gasteiger partial charge in [-0.25, -0.2) is 9.97 Å². The third-order valence-corrected chi connectivity index (χ3v) is 4.49. The number of aryl methyl sites for hydroxylation is 2. The molecule has 0 saturated carbocycles. The second-order valence-electron chi connectivity index (χ2n) is 5.15. The van der Waals surface area contributed by atoms with E-state index in [-0.39, 0.29) is 16.3 Å². The topological polar surface area (TPSA) is 78.7 Å². The first-order valence-electron chi connectivity index (χ1n) is 7.17. The van der Waals surface area contributed by atoms with Crippen molar-refractivity contribution in [2.45, 2.75) is 25.0 Å². The Morgan fingerprint density at radius 1 is 1.35 bits per heavy atom. The second-order valence-corrected chi connectivity index (χ2v) is 6.52. The van der Waals surface area contributed by atoms with Gasteiger partial charge >= 0.3 is 6.18 Å². The summed E-state index contributed by atoms with van der Waals surface area (Å²) in [6.45, 7) is 3.27. The van der Waals surface area contributed by atoms with E-state index in [0.29, 0.717) is 16.5 Å². The predicted octanol–water partition coefficient (Wildman–Crippen LogP) is 4.37. The molecule has 26 heavy (non-hydrogen) atoms. The summed E-state index contributed by atoms with van der Waals surface area (Å²) < 4.78 is 39.1. The van der Waals surface area contributed by atoms with Crippen LogP contribution in [0.1, 0.15) is 22.6 Å². The molecule has 0 spiro atoms. The van der Waals surface area contributed by atoms with E-state index in [2.05, 4.69) is 15.3 Å². The molecule has 1 aromatic carbocycles. The van der Waals surface area contributed by atoms with Crippen LogP contribution in [0.3, 0.4) is 0 Å². The molecule has 2 rings (SSSR count). The highest BCUT2D eigenvalue weighted by Crippen LogP contribution is 2.38. The molecule has 0 fully saturated rings. The minimum absolute atomic E-state index is 0.218. The fourth-order valence-electron chi connectivity index (χ4n) is 2.11. The molecule has 1 amide bonds. The number of aromatic nitrogens is 2. The summed E-state index contributed by atoms with van der Waals surface area (Å²) in [4.78, 5) is 20.3. The van der Waals surface area contributed by atoms with E-state index in [1.54, 1.807) is 13.8 Å². The van der Waals surface area contributed by atoms with Gasteiger partial charge in [0, 0.05) is 0 Å². The number of hydrogen-bond donors (Lipinski definition) is 1. The maximum atomic E-state index is 13.0. The molecule has 0 unspecified atom stereocenters. The van der Waals surface area contributed by atoms with Crippen LogP contribution in [0.15, 0.2) is 23.2 Å². The summed E-state index contributed by atoms with van der Waals surface area (Å²) >= 11 is 6.74. The first-order chi connectivity index (χ1) is 12.1. The standard InChI is InChI=1S/C16H12ClF3N4OS/c1-8-10(6-21)15(23-9(2)22-8)26-7-13(25)24-14-11(16(18,19)20)4-3-5-12(14)17/h3-5H,7H2,1-2H3,(H,24,25). The molecule has 5 nitrogen and oxygen atoms in total. The van der Waals surface area contributed by atoms with E-state index in [1.807, 2.05) is 6.07 Å². The van der Waals surface area contributed by atoms with E-state index in [9.17, 15) is 18.0 Å². The Hall–Kier alpha value is -2.31. The van der Waals surface area contributed by atoms with Crippen LogP contribution in [0.2, 0.25) is 5.02 Å². The van der Waals surface area contributed by atoms with Gasteiger partial charge in [0.2, 0.25) is 5.91 Å². The number of para-hydroxylation sites is 1. The van der Waals surface area contributed by atoms with Gasteiger partial charge in [0.1, 0.15) is 22.5 Å². The molecule has 1 aromatic heterocycles. The van der Waals surface area contributed by atoms with Crippen LogP contribution >= 0.6 is 23.4 Å². The smallest absolute Gasteiger partial charge is 0.324 e. The lowest BCUT2D eigenvalue weighted by Gasteiger charge is -2.15. The number of hydrogen-bond acceptors (Lipinski definition) is 5. The number of nitrogens with zero attached hydrogens (tertiary/aromatic N) is 3. The Kier molecular flexibility index (Phi) is 6.10. The van der Waals surface area contributed by atoms with Crippen LogP contribution in [-0.2, 0) is 11.0 Å². The Labute approximate surface area is 156 Å². The molecule has 1 heterocycles. The van der Waals surface area contributed by atoms with Crippen LogP contribution in [0.25, 0.3) is 0 Å². The minimum Gasteiger partial charge on any atom is -0.324 e.